The van der Waals surface area contributed by atoms with Crippen molar-refractivity contribution in [3.05, 3.63) is 41.8 Å². The number of nitrogens with zero attached hydrogens (tertiary/aromatic N) is 3. The molecule has 0 aliphatic rings. The van der Waals surface area contributed by atoms with Crippen molar-refractivity contribution in [2.75, 3.05) is 13.7 Å². The first-order valence-electron chi connectivity index (χ1n) is 7.39. The monoisotopic (exact) mass is 429 g/mol. The Morgan fingerprint density at radius 3 is 2.29 bits per heavy atom. The lowest BCUT2D eigenvalue weighted by Gasteiger charge is -2.17. The predicted molar refractivity (Wildman–Crippen MR) is 106 cm³/mol. The highest BCUT2D eigenvalue weighted by molar-refractivity contribution is 7.88. The quantitative estimate of drug-likeness (QED) is 0.347. The standard InChI is InChI=1S/C16H19N3O7S2/c1-10(2)12-9-13(28(23,24)25)15(16(26-5)14(12)11(3)17-4)19-18-7-6-8-27(20,21)22/h6,8-9H,1,3-4,7H2,2,5H3,(H,20,21,22)(H,23,24,25)/b8-6+,19-18?. The summed E-state index contributed by atoms with van der Waals surface area (Å²) < 4.78 is 68.4. The maximum atomic E-state index is 11.9. The number of ether oxygens (including phenoxy) is 1. The Labute approximate surface area is 163 Å². The van der Waals surface area contributed by atoms with Gasteiger partial charge in [0, 0.05) is 0 Å². The van der Waals surface area contributed by atoms with Gasteiger partial charge in [0.1, 0.15) is 10.6 Å². The molecule has 0 atom stereocenters. The predicted octanol–water partition coefficient (Wildman–Crippen LogP) is 3.13. The average molecular weight is 429 g/mol. The first-order valence-corrected chi connectivity index (χ1v) is 10.3. The third-order valence-corrected chi connectivity index (χ3v) is 4.67. The Balaban J connectivity index is 3.77. The van der Waals surface area contributed by atoms with Gasteiger partial charge in [0.15, 0.2) is 5.75 Å². The van der Waals surface area contributed by atoms with E-state index in [1.54, 1.807) is 6.92 Å². The second kappa shape index (κ2) is 9.01. The number of aliphatic imine (C=N–C) groups is 1. The molecule has 1 aromatic carbocycles. The van der Waals surface area contributed by atoms with Crippen LogP contribution in [0.3, 0.4) is 0 Å². The van der Waals surface area contributed by atoms with Gasteiger partial charge >= 0.3 is 0 Å². The fraction of sp³-hybridized carbons (Fsp3) is 0.188. The fourth-order valence-electron chi connectivity index (χ4n) is 2.14. The molecule has 0 fully saturated rings. The Kier molecular flexibility index (Phi) is 7.52. The summed E-state index contributed by atoms with van der Waals surface area (Å²) in [5, 5.41) is 7.87. The van der Waals surface area contributed by atoms with Crippen LogP contribution in [0.2, 0.25) is 0 Å². The van der Waals surface area contributed by atoms with E-state index in [0.717, 1.165) is 12.1 Å². The molecular formula is C16H19N3O7S2. The molecule has 1 rings (SSSR count). The molecule has 152 valence electrons. The number of rotatable bonds is 9. The zero-order valence-electron chi connectivity index (χ0n) is 15.2. The summed E-state index contributed by atoms with van der Waals surface area (Å²) >= 11 is 0. The van der Waals surface area contributed by atoms with Crippen LogP contribution in [0.4, 0.5) is 5.69 Å². The van der Waals surface area contributed by atoms with Crippen LogP contribution in [0.1, 0.15) is 18.1 Å². The van der Waals surface area contributed by atoms with Crippen LogP contribution >= 0.6 is 0 Å². The maximum absolute atomic E-state index is 11.9. The number of azo groups is 1. The molecule has 12 heteroatoms. The summed E-state index contributed by atoms with van der Waals surface area (Å²) in [5.41, 5.74) is 0.754. The van der Waals surface area contributed by atoms with E-state index < -0.39 is 25.1 Å². The number of methoxy groups -OCH3 is 1. The third-order valence-electron chi connectivity index (χ3n) is 3.27. The maximum Gasteiger partial charge on any atom is 0.296 e. The van der Waals surface area contributed by atoms with E-state index in [4.69, 9.17) is 9.29 Å². The molecule has 0 saturated carbocycles. The second-order valence-electron chi connectivity index (χ2n) is 5.35. The molecule has 0 radical (unpaired) electrons. The third kappa shape index (κ3) is 5.92. The minimum absolute atomic E-state index is 0.104. The summed E-state index contributed by atoms with van der Waals surface area (Å²) in [7, 11) is -7.84. The van der Waals surface area contributed by atoms with Crippen molar-refractivity contribution in [2.24, 2.45) is 15.2 Å². The van der Waals surface area contributed by atoms with Crippen LogP contribution in [0.25, 0.3) is 11.3 Å². The van der Waals surface area contributed by atoms with Crippen molar-refractivity contribution in [1.82, 2.24) is 0 Å². The van der Waals surface area contributed by atoms with Crippen LogP contribution in [0, 0.1) is 0 Å². The van der Waals surface area contributed by atoms with Gasteiger partial charge in [0.2, 0.25) is 0 Å². The summed E-state index contributed by atoms with van der Waals surface area (Å²) in [5.74, 6) is -0.104. The van der Waals surface area contributed by atoms with Crippen LogP contribution in [0.5, 0.6) is 5.75 Å². The first-order chi connectivity index (χ1) is 12.8. The van der Waals surface area contributed by atoms with E-state index in [-0.39, 0.29) is 34.8 Å². The molecule has 28 heavy (non-hydrogen) atoms. The molecule has 0 amide bonds. The van der Waals surface area contributed by atoms with E-state index in [9.17, 15) is 21.4 Å². The van der Waals surface area contributed by atoms with Gasteiger partial charge in [0.05, 0.1) is 30.3 Å². The first kappa shape index (κ1) is 23.4. The topological polar surface area (TPSA) is 155 Å². The highest BCUT2D eigenvalue weighted by Crippen LogP contribution is 2.44. The molecule has 2 N–H and O–H groups in total. The van der Waals surface area contributed by atoms with Crippen molar-refractivity contribution < 1.29 is 30.7 Å². The average Bonchev–Trinajstić information content (AvgIpc) is 2.57. The lowest BCUT2D eigenvalue weighted by atomic mass is 9.98. The van der Waals surface area contributed by atoms with Gasteiger partial charge in [-0.1, -0.05) is 18.7 Å². The largest absolute Gasteiger partial charge is 0.494 e. The van der Waals surface area contributed by atoms with Gasteiger partial charge in [-0.3, -0.25) is 14.1 Å². The molecule has 0 aliphatic carbocycles. The second-order valence-corrected chi connectivity index (χ2v) is 8.04. The number of hydrogen-bond donors (Lipinski definition) is 2. The molecule has 0 saturated heterocycles. The van der Waals surface area contributed by atoms with Crippen LogP contribution in [0.15, 0.2) is 50.8 Å². The highest BCUT2D eigenvalue weighted by Gasteiger charge is 2.27. The zero-order valence-corrected chi connectivity index (χ0v) is 16.8. The van der Waals surface area contributed by atoms with Crippen LogP contribution < -0.4 is 4.74 Å². The molecule has 0 spiro atoms. The molecule has 0 unspecified atom stereocenters. The molecule has 10 nitrogen and oxygen atoms in total. The Hall–Kier alpha value is -2.67. The minimum Gasteiger partial charge on any atom is -0.494 e. The Morgan fingerprint density at radius 2 is 1.86 bits per heavy atom. The number of hydrogen-bond acceptors (Lipinski definition) is 8. The van der Waals surface area contributed by atoms with Gasteiger partial charge in [-0.15, -0.1) is 0 Å². The van der Waals surface area contributed by atoms with Gasteiger partial charge in [-0.2, -0.15) is 27.1 Å². The SMILES string of the molecule is C=NC(=C)c1c(C(=C)C)cc(S(=O)(=O)O)c(N=NC/C=C/S(=O)(=O)O)c1OC. The Bertz CT molecular complexity index is 1090. The van der Waals surface area contributed by atoms with Crippen molar-refractivity contribution in [3.8, 4) is 5.75 Å². The van der Waals surface area contributed by atoms with Gasteiger partial charge in [-0.05, 0) is 31.3 Å². The summed E-state index contributed by atoms with van der Waals surface area (Å²) in [4.78, 5) is 3.12. The summed E-state index contributed by atoms with van der Waals surface area (Å²) in [6, 6.07) is 1.12. The molecule has 0 bridgehead atoms. The molecular weight excluding hydrogens is 410 g/mol. The van der Waals surface area contributed by atoms with E-state index in [1.165, 1.54) is 7.11 Å². The number of benzene rings is 1. The van der Waals surface area contributed by atoms with Crippen LogP contribution in [-0.2, 0) is 20.2 Å². The van der Waals surface area contributed by atoms with Gasteiger partial charge in [-0.25, -0.2) is 0 Å². The summed E-state index contributed by atoms with van der Waals surface area (Å²) in [6.45, 7) is 12.2. The van der Waals surface area contributed by atoms with Gasteiger partial charge in [0.25, 0.3) is 20.2 Å². The molecule has 1 aromatic rings. The zero-order chi connectivity index (χ0) is 21.7. The van der Waals surface area contributed by atoms with E-state index >= 15 is 0 Å². The normalized spacial score (nSPS) is 12.4. The van der Waals surface area contributed by atoms with E-state index in [0.29, 0.717) is 11.0 Å². The molecule has 0 heterocycles. The van der Waals surface area contributed by atoms with E-state index in [1.807, 2.05) is 0 Å². The smallest absolute Gasteiger partial charge is 0.296 e. The van der Waals surface area contributed by atoms with Crippen molar-refractivity contribution >= 4 is 43.9 Å². The van der Waals surface area contributed by atoms with E-state index in [2.05, 4.69) is 35.1 Å². The minimum atomic E-state index is -4.74. The fourth-order valence-corrected chi connectivity index (χ4v) is 3.11. The number of allylic oxidation sites excluding steroid dienone is 1. The summed E-state index contributed by atoms with van der Waals surface area (Å²) in [6.07, 6.45) is 0.978. The van der Waals surface area contributed by atoms with Crippen molar-refractivity contribution in [2.45, 2.75) is 11.8 Å². The highest BCUT2D eigenvalue weighted by atomic mass is 32.2. The van der Waals surface area contributed by atoms with Crippen LogP contribution in [-0.4, -0.2) is 46.3 Å². The van der Waals surface area contributed by atoms with Crippen molar-refractivity contribution in [3.63, 3.8) is 0 Å². The lowest BCUT2D eigenvalue weighted by molar-refractivity contribution is 0.412. The van der Waals surface area contributed by atoms with Crippen molar-refractivity contribution in [1.29, 1.82) is 0 Å². The molecule has 0 aliphatic heterocycles. The Morgan fingerprint density at radius 1 is 1.25 bits per heavy atom. The lowest BCUT2D eigenvalue weighted by Crippen LogP contribution is -2.04. The molecule has 0 aromatic heterocycles. The van der Waals surface area contributed by atoms with Gasteiger partial charge < -0.3 is 4.74 Å².